The topological polar surface area (TPSA) is 89.2 Å². The van der Waals surface area contributed by atoms with Gasteiger partial charge >= 0.3 is 5.97 Å². The predicted molar refractivity (Wildman–Crippen MR) is 110 cm³/mol. The maximum Gasteiger partial charge on any atom is 0.337 e. The van der Waals surface area contributed by atoms with Gasteiger partial charge in [0, 0.05) is 5.56 Å². The molecule has 0 radical (unpaired) electrons. The quantitative estimate of drug-likeness (QED) is 0.331. The molecule has 1 aromatic heterocycles. The van der Waals surface area contributed by atoms with Crippen LogP contribution in [0.15, 0.2) is 58.1 Å². The van der Waals surface area contributed by atoms with Gasteiger partial charge in [-0.05, 0) is 54.4 Å². The van der Waals surface area contributed by atoms with Crippen molar-refractivity contribution >= 4 is 24.0 Å². The van der Waals surface area contributed by atoms with E-state index in [0.717, 1.165) is 17.0 Å². The fraction of sp³-hybridized carbons (Fsp3) is 0.333. The molecular weight excluding hydrogens is 396 g/mol. The second-order valence-electron chi connectivity index (χ2n) is 8.66. The summed E-state index contributed by atoms with van der Waals surface area (Å²) < 4.78 is 10.5. The highest BCUT2D eigenvalue weighted by atomic mass is 16.5. The lowest BCUT2D eigenvalue weighted by Crippen LogP contribution is -2.40. The van der Waals surface area contributed by atoms with E-state index >= 15 is 0 Å². The molecule has 2 aromatic rings. The number of hydrogen-bond donors (Lipinski definition) is 0. The Morgan fingerprint density at radius 2 is 1.68 bits per heavy atom. The van der Waals surface area contributed by atoms with Crippen LogP contribution in [0.4, 0.5) is 0 Å². The van der Waals surface area contributed by atoms with E-state index in [-0.39, 0.29) is 35.5 Å². The van der Waals surface area contributed by atoms with Crippen molar-refractivity contribution in [2.75, 3.05) is 7.11 Å². The molecule has 4 aliphatic carbocycles. The van der Waals surface area contributed by atoms with Crippen LogP contribution in [0.1, 0.15) is 22.5 Å². The summed E-state index contributed by atoms with van der Waals surface area (Å²) in [7, 11) is 1.34. The number of carbonyl (C=O) groups is 3. The molecule has 2 bridgehead atoms. The zero-order valence-corrected chi connectivity index (χ0v) is 16.8. The fourth-order valence-electron chi connectivity index (χ4n) is 5.64. The van der Waals surface area contributed by atoms with E-state index in [9.17, 15) is 14.4 Å². The molecule has 0 N–H and O–H groups in total. The average Bonchev–Trinajstić information content (AvgIpc) is 3.44. The molecule has 31 heavy (non-hydrogen) atoms. The minimum atomic E-state index is -0.403. The molecule has 7 rings (SSSR count). The number of carbonyl (C=O) groups excluding carboxylic acids is 3. The summed E-state index contributed by atoms with van der Waals surface area (Å²) in [6.07, 6.45) is 6.83. The highest BCUT2D eigenvalue weighted by Gasteiger charge is 2.67. The molecule has 6 atom stereocenters. The Labute approximate surface area is 178 Å². The van der Waals surface area contributed by atoms with Crippen LogP contribution in [0.25, 0.3) is 11.3 Å². The first kappa shape index (κ1) is 18.3. The molecule has 2 amide bonds. The van der Waals surface area contributed by atoms with E-state index in [2.05, 4.69) is 17.3 Å². The van der Waals surface area contributed by atoms with Gasteiger partial charge in [-0.25, -0.2) is 4.79 Å². The van der Waals surface area contributed by atoms with Crippen molar-refractivity contribution < 1.29 is 23.5 Å². The van der Waals surface area contributed by atoms with Gasteiger partial charge in [0.05, 0.1) is 30.7 Å². The lowest BCUT2D eigenvalue weighted by Gasteiger charge is -2.37. The predicted octanol–water partition coefficient (Wildman–Crippen LogP) is 3.12. The van der Waals surface area contributed by atoms with Crippen LogP contribution in [-0.2, 0) is 14.3 Å². The van der Waals surface area contributed by atoms with Gasteiger partial charge in [-0.15, -0.1) is 0 Å². The van der Waals surface area contributed by atoms with Gasteiger partial charge in [0.25, 0.3) is 11.8 Å². The number of nitrogens with zero attached hydrogens (tertiary/aromatic N) is 2. The SMILES string of the molecule is COC(=O)c1ccc(-c2ccc(/C=N\N3C(=O)[C@@H]4[C@H]5C=C[C@@H]([C@@H]6C[C@@H]56)[C@H]4C3=O)o2)cc1. The molecule has 1 saturated heterocycles. The molecular formula is C24H20N2O5. The van der Waals surface area contributed by atoms with E-state index < -0.39 is 5.97 Å². The van der Waals surface area contributed by atoms with Crippen LogP contribution >= 0.6 is 0 Å². The van der Waals surface area contributed by atoms with Crippen molar-refractivity contribution in [2.45, 2.75) is 6.42 Å². The van der Waals surface area contributed by atoms with E-state index in [1.807, 2.05) is 0 Å². The van der Waals surface area contributed by atoms with Crippen LogP contribution in [0.2, 0.25) is 0 Å². The molecule has 3 fully saturated rings. The van der Waals surface area contributed by atoms with Gasteiger partial charge in [-0.3, -0.25) is 9.59 Å². The van der Waals surface area contributed by atoms with Crippen LogP contribution in [0.3, 0.4) is 0 Å². The molecule has 1 aliphatic heterocycles. The van der Waals surface area contributed by atoms with E-state index in [0.29, 0.717) is 28.9 Å². The summed E-state index contributed by atoms with van der Waals surface area (Å²) in [5.41, 5.74) is 1.24. The number of hydrogen-bond acceptors (Lipinski definition) is 6. The van der Waals surface area contributed by atoms with Crippen molar-refractivity contribution in [1.82, 2.24) is 5.01 Å². The second-order valence-corrected chi connectivity index (χ2v) is 8.66. The summed E-state index contributed by atoms with van der Waals surface area (Å²) in [5.74, 6) is 1.21. The number of imide groups is 1. The van der Waals surface area contributed by atoms with E-state index in [1.165, 1.54) is 13.3 Å². The Balaban J connectivity index is 1.20. The molecule has 2 heterocycles. The minimum absolute atomic E-state index is 0.180. The normalized spacial score (nSPS) is 32.5. The minimum Gasteiger partial charge on any atom is -0.465 e. The monoisotopic (exact) mass is 416 g/mol. The van der Waals surface area contributed by atoms with E-state index in [4.69, 9.17) is 9.15 Å². The molecule has 5 aliphatic rings. The van der Waals surface area contributed by atoms with Crippen molar-refractivity contribution in [3.8, 4) is 11.3 Å². The van der Waals surface area contributed by atoms with Crippen LogP contribution in [0.5, 0.6) is 0 Å². The summed E-state index contributed by atoms with van der Waals surface area (Å²) in [6, 6.07) is 10.4. The highest BCUT2D eigenvalue weighted by molar-refractivity contribution is 6.06. The number of allylic oxidation sites excluding steroid dienone is 2. The third kappa shape index (κ3) is 2.65. The van der Waals surface area contributed by atoms with E-state index in [1.54, 1.807) is 36.4 Å². The van der Waals surface area contributed by atoms with Crippen LogP contribution in [-0.4, -0.2) is 36.1 Å². The third-order valence-electron chi connectivity index (χ3n) is 7.16. The maximum absolute atomic E-state index is 13.0. The molecule has 156 valence electrons. The molecule has 7 heteroatoms. The fourth-order valence-corrected chi connectivity index (χ4v) is 5.64. The largest absolute Gasteiger partial charge is 0.465 e. The number of esters is 1. The standard InChI is InChI=1S/C24H20N2O5/c1-30-24(29)13-4-2-12(3-5-13)19-9-6-14(31-19)11-25-26-22(27)20-15-7-8-16(18-10-17(15)18)21(20)23(26)28/h2-9,11,15-18,20-21H,10H2,1H3/b25-11-/t15-,16-,17-,18-,20+,21+/m0/s1. The second kappa shape index (κ2) is 6.51. The molecule has 1 aromatic carbocycles. The van der Waals surface area contributed by atoms with Crippen molar-refractivity contribution in [3.63, 3.8) is 0 Å². The number of hydrazone groups is 1. The number of rotatable bonds is 4. The van der Waals surface area contributed by atoms with Crippen LogP contribution < -0.4 is 0 Å². The number of ether oxygens (including phenoxy) is 1. The van der Waals surface area contributed by atoms with Crippen LogP contribution in [0, 0.1) is 35.5 Å². The summed E-state index contributed by atoms with van der Waals surface area (Å²) >= 11 is 0. The molecule has 0 spiro atoms. The summed E-state index contributed by atoms with van der Waals surface area (Å²) in [6.45, 7) is 0. The van der Waals surface area contributed by atoms with Gasteiger partial charge in [-0.2, -0.15) is 10.1 Å². The molecule has 7 nitrogen and oxygen atoms in total. The Hall–Kier alpha value is -3.48. The smallest absolute Gasteiger partial charge is 0.337 e. The van der Waals surface area contributed by atoms with Crippen molar-refractivity contribution in [3.05, 3.63) is 59.9 Å². The summed E-state index contributed by atoms with van der Waals surface area (Å²) in [5, 5.41) is 5.24. The van der Waals surface area contributed by atoms with Gasteiger partial charge in [0.2, 0.25) is 0 Å². The number of methoxy groups -OCH3 is 1. The number of benzene rings is 1. The van der Waals surface area contributed by atoms with Gasteiger partial charge < -0.3 is 9.15 Å². The zero-order valence-electron chi connectivity index (χ0n) is 16.8. The van der Waals surface area contributed by atoms with Crippen molar-refractivity contribution in [2.24, 2.45) is 40.6 Å². The first-order valence-electron chi connectivity index (χ1n) is 10.5. The maximum atomic E-state index is 13.0. The van der Waals surface area contributed by atoms with Gasteiger partial charge in [0.15, 0.2) is 0 Å². The highest BCUT2D eigenvalue weighted by Crippen LogP contribution is 2.65. The molecule has 2 saturated carbocycles. The molecule has 0 unspecified atom stereocenters. The Morgan fingerprint density at radius 3 is 2.29 bits per heavy atom. The number of amides is 2. The first-order chi connectivity index (χ1) is 15.1. The number of furan rings is 1. The Kier molecular flexibility index (Phi) is 3.84. The zero-order chi connectivity index (χ0) is 21.3. The Morgan fingerprint density at radius 1 is 1.03 bits per heavy atom. The lowest BCUT2D eigenvalue weighted by atomic mass is 9.63. The third-order valence-corrected chi connectivity index (χ3v) is 7.16. The van der Waals surface area contributed by atoms with Gasteiger partial charge in [0.1, 0.15) is 11.5 Å². The lowest BCUT2D eigenvalue weighted by molar-refractivity contribution is -0.140. The summed E-state index contributed by atoms with van der Waals surface area (Å²) in [4.78, 5) is 37.5. The Bertz CT molecular complexity index is 1120. The average molecular weight is 416 g/mol. The van der Waals surface area contributed by atoms with Gasteiger partial charge in [-0.1, -0.05) is 24.3 Å². The van der Waals surface area contributed by atoms with Crippen molar-refractivity contribution in [1.29, 1.82) is 0 Å². The first-order valence-corrected chi connectivity index (χ1v) is 10.5.